The highest BCUT2D eigenvalue weighted by Crippen LogP contribution is 2.08. The van der Waals surface area contributed by atoms with Gasteiger partial charge in [0.05, 0.1) is 12.7 Å². The molecule has 0 radical (unpaired) electrons. The molecule has 0 fully saturated rings. The molecular formula is C14H24O3. The van der Waals surface area contributed by atoms with Crippen molar-refractivity contribution in [3.63, 3.8) is 0 Å². The van der Waals surface area contributed by atoms with Crippen LogP contribution in [0, 0.1) is 0 Å². The highest BCUT2D eigenvalue weighted by Gasteiger charge is 2.01. The molecule has 0 aliphatic rings. The second-order valence-corrected chi connectivity index (χ2v) is 4.09. The lowest BCUT2D eigenvalue weighted by Crippen LogP contribution is -2.03. The van der Waals surface area contributed by atoms with Crippen LogP contribution in [0.2, 0.25) is 0 Å². The minimum absolute atomic E-state index is 0.314. The summed E-state index contributed by atoms with van der Waals surface area (Å²) in [5.41, 5.74) is 0.968. The molecule has 0 aromatic heterocycles. The molecular weight excluding hydrogens is 216 g/mol. The van der Waals surface area contributed by atoms with Crippen LogP contribution in [0.4, 0.5) is 0 Å². The van der Waals surface area contributed by atoms with Crippen molar-refractivity contribution in [2.75, 3.05) is 6.61 Å². The zero-order valence-electron chi connectivity index (χ0n) is 11.1. The molecule has 0 amide bonds. The van der Waals surface area contributed by atoms with Crippen molar-refractivity contribution in [3.8, 4) is 0 Å². The first-order valence-corrected chi connectivity index (χ1v) is 6.32. The fourth-order valence-corrected chi connectivity index (χ4v) is 1.36. The molecule has 0 aromatic rings. The summed E-state index contributed by atoms with van der Waals surface area (Å²) in [6.07, 6.45) is 8.12. The van der Waals surface area contributed by atoms with Gasteiger partial charge >= 0.3 is 5.97 Å². The Balaban J connectivity index is 4.15. The number of aliphatic hydroxyl groups excluding tert-OH is 1. The third-order valence-corrected chi connectivity index (χ3v) is 2.17. The van der Waals surface area contributed by atoms with Crippen LogP contribution in [0.15, 0.2) is 23.8 Å². The maximum Gasteiger partial charge on any atom is 0.330 e. The molecule has 1 atom stereocenters. The molecule has 0 rings (SSSR count). The van der Waals surface area contributed by atoms with E-state index in [0.717, 1.165) is 24.8 Å². The van der Waals surface area contributed by atoms with Gasteiger partial charge in [-0.3, -0.25) is 0 Å². The first-order valence-electron chi connectivity index (χ1n) is 6.32. The van der Waals surface area contributed by atoms with Crippen LogP contribution in [-0.4, -0.2) is 23.8 Å². The molecule has 1 unspecified atom stereocenters. The molecule has 0 aliphatic carbocycles. The van der Waals surface area contributed by atoms with E-state index in [1.54, 1.807) is 13.0 Å². The molecule has 17 heavy (non-hydrogen) atoms. The van der Waals surface area contributed by atoms with Crippen LogP contribution in [0.3, 0.4) is 0 Å². The predicted molar refractivity (Wildman–Crippen MR) is 69.7 cm³/mol. The molecule has 0 aromatic carbocycles. The van der Waals surface area contributed by atoms with Crippen molar-refractivity contribution in [1.82, 2.24) is 0 Å². The Labute approximate surface area is 104 Å². The predicted octanol–water partition coefficient (Wildman–Crippen LogP) is 2.99. The van der Waals surface area contributed by atoms with Crippen molar-refractivity contribution in [1.29, 1.82) is 0 Å². The van der Waals surface area contributed by atoms with E-state index < -0.39 is 6.10 Å². The van der Waals surface area contributed by atoms with Gasteiger partial charge in [-0.2, -0.15) is 0 Å². The highest BCUT2D eigenvalue weighted by molar-refractivity contribution is 5.82. The average Bonchev–Trinajstić information content (AvgIpc) is 2.26. The lowest BCUT2D eigenvalue weighted by Gasteiger charge is -2.05. The summed E-state index contributed by atoms with van der Waals surface area (Å²) in [7, 11) is 0. The van der Waals surface area contributed by atoms with Crippen molar-refractivity contribution in [2.45, 2.75) is 52.6 Å². The third-order valence-electron chi connectivity index (χ3n) is 2.17. The second-order valence-electron chi connectivity index (χ2n) is 4.09. The first-order chi connectivity index (χ1) is 8.10. The molecule has 0 bridgehead atoms. The van der Waals surface area contributed by atoms with Gasteiger partial charge < -0.3 is 9.84 Å². The third kappa shape index (κ3) is 9.82. The van der Waals surface area contributed by atoms with E-state index in [4.69, 9.17) is 4.74 Å². The normalized spacial score (nSPS) is 14.0. The number of carbonyl (C=O) groups is 1. The minimum Gasteiger partial charge on any atom is -0.463 e. The molecule has 1 N–H and O–H groups in total. The van der Waals surface area contributed by atoms with Gasteiger partial charge in [-0.25, -0.2) is 4.79 Å². The summed E-state index contributed by atoms with van der Waals surface area (Å²) < 4.78 is 5.00. The number of ether oxygens (including phenoxy) is 1. The minimum atomic E-state index is -0.395. The van der Waals surface area contributed by atoms with Gasteiger partial charge in [0.25, 0.3) is 0 Å². The van der Waals surface area contributed by atoms with Crippen molar-refractivity contribution in [3.05, 3.63) is 23.8 Å². The number of hydrogen-bond acceptors (Lipinski definition) is 3. The lowest BCUT2D eigenvalue weighted by atomic mass is 10.1. The first kappa shape index (κ1) is 15.9. The highest BCUT2D eigenvalue weighted by atomic mass is 16.5. The van der Waals surface area contributed by atoms with E-state index in [9.17, 15) is 9.90 Å². The molecule has 98 valence electrons. The van der Waals surface area contributed by atoms with Gasteiger partial charge in [0.15, 0.2) is 0 Å². The van der Waals surface area contributed by atoms with Gasteiger partial charge in [0.1, 0.15) is 0 Å². The summed E-state index contributed by atoms with van der Waals surface area (Å²) in [6.45, 7) is 6.28. The lowest BCUT2D eigenvalue weighted by molar-refractivity contribution is -0.137. The van der Waals surface area contributed by atoms with Gasteiger partial charge in [-0.05, 0) is 31.8 Å². The van der Waals surface area contributed by atoms with Crippen LogP contribution >= 0.6 is 0 Å². The maximum absolute atomic E-state index is 11.3. The number of rotatable bonds is 8. The van der Waals surface area contributed by atoms with E-state index in [2.05, 4.69) is 6.92 Å². The largest absolute Gasteiger partial charge is 0.463 e. The van der Waals surface area contributed by atoms with E-state index >= 15 is 0 Å². The molecule has 0 saturated heterocycles. The molecule has 3 nitrogen and oxygen atoms in total. The fraction of sp³-hybridized carbons (Fsp3) is 0.643. The summed E-state index contributed by atoms with van der Waals surface area (Å²) in [5, 5.41) is 9.30. The Morgan fingerprint density at radius 2 is 2.06 bits per heavy atom. The Kier molecular flexibility index (Phi) is 9.44. The quantitative estimate of drug-likeness (QED) is 0.307. The zero-order chi connectivity index (χ0) is 13.1. The second kappa shape index (κ2) is 10.1. The Bertz CT molecular complexity index is 265. The van der Waals surface area contributed by atoms with Crippen LogP contribution in [0.1, 0.15) is 46.5 Å². The van der Waals surface area contributed by atoms with Gasteiger partial charge in [0.2, 0.25) is 0 Å². The number of allylic oxidation sites excluding steroid dienone is 2. The summed E-state index contributed by atoms with van der Waals surface area (Å²) in [4.78, 5) is 11.3. The van der Waals surface area contributed by atoms with Crippen LogP contribution < -0.4 is 0 Å². The summed E-state index contributed by atoms with van der Waals surface area (Å²) in [5.74, 6) is -0.314. The molecule has 0 heterocycles. The SMILES string of the molecule is CC/C=C(/C=C/C(=O)OCCCC)CC(C)O. The molecule has 0 aliphatic heterocycles. The topological polar surface area (TPSA) is 46.5 Å². The van der Waals surface area contributed by atoms with Crippen LogP contribution in [0.25, 0.3) is 0 Å². The van der Waals surface area contributed by atoms with Crippen LogP contribution in [-0.2, 0) is 9.53 Å². The number of aliphatic hydroxyl groups is 1. The van der Waals surface area contributed by atoms with Gasteiger partial charge in [0, 0.05) is 6.08 Å². The Morgan fingerprint density at radius 3 is 2.59 bits per heavy atom. The van der Waals surface area contributed by atoms with Gasteiger partial charge in [-0.15, -0.1) is 0 Å². The van der Waals surface area contributed by atoms with Crippen molar-refractivity contribution >= 4 is 5.97 Å². The number of esters is 1. The molecule has 0 spiro atoms. The van der Waals surface area contributed by atoms with E-state index in [1.807, 2.05) is 13.0 Å². The number of hydrogen-bond donors (Lipinski definition) is 1. The van der Waals surface area contributed by atoms with Crippen molar-refractivity contribution < 1.29 is 14.6 Å². The Morgan fingerprint density at radius 1 is 1.35 bits per heavy atom. The average molecular weight is 240 g/mol. The standard InChI is InChI=1S/C14H24O3/c1-4-6-10-17-14(16)9-8-13(7-5-2)11-12(3)15/h7-9,12,15H,4-6,10-11H2,1-3H3/b9-8+,13-7-. The smallest absolute Gasteiger partial charge is 0.330 e. The summed E-state index contributed by atoms with van der Waals surface area (Å²) in [6, 6.07) is 0. The monoisotopic (exact) mass is 240 g/mol. The molecule has 0 saturated carbocycles. The van der Waals surface area contributed by atoms with Gasteiger partial charge in [-0.1, -0.05) is 32.4 Å². The van der Waals surface area contributed by atoms with E-state index in [0.29, 0.717) is 13.0 Å². The summed E-state index contributed by atoms with van der Waals surface area (Å²) >= 11 is 0. The number of carbonyl (C=O) groups excluding carboxylic acids is 1. The number of unbranched alkanes of at least 4 members (excludes halogenated alkanes) is 1. The van der Waals surface area contributed by atoms with E-state index in [1.165, 1.54) is 6.08 Å². The van der Waals surface area contributed by atoms with Crippen molar-refractivity contribution in [2.24, 2.45) is 0 Å². The van der Waals surface area contributed by atoms with Crippen LogP contribution in [0.5, 0.6) is 0 Å². The fourth-order valence-electron chi connectivity index (χ4n) is 1.36. The Hall–Kier alpha value is -1.09. The van der Waals surface area contributed by atoms with E-state index in [-0.39, 0.29) is 5.97 Å². The zero-order valence-corrected chi connectivity index (χ0v) is 11.1. The molecule has 3 heteroatoms. The maximum atomic E-state index is 11.3.